The molecule has 4 aliphatic rings. The lowest BCUT2D eigenvalue weighted by molar-refractivity contribution is -0.0678. The number of rotatable bonds is 31. The van der Waals surface area contributed by atoms with Crippen LogP contribution in [0.5, 0.6) is 0 Å². The number of hydrogen-bond donors (Lipinski definition) is 0. The Morgan fingerprint density at radius 2 is 1.37 bits per heavy atom. The molecule has 6 unspecified atom stereocenters. The summed E-state index contributed by atoms with van der Waals surface area (Å²) < 4.78 is 12.6. The van der Waals surface area contributed by atoms with E-state index in [1.807, 2.05) is 0 Å². The van der Waals surface area contributed by atoms with Crippen molar-refractivity contribution in [2.75, 3.05) is 19.8 Å². The second-order valence-corrected chi connectivity index (χ2v) is 21.1. The fraction of sp³-hybridized carbons (Fsp3) is 0.891. The van der Waals surface area contributed by atoms with Gasteiger partial charge in [-0.3, -0.25) is 0 Å². The average molecular weight is 791 g/mol. The van der Waals surface area contributed by atoms with Crippen LogP contribution in [-0.2, 0) is 9.47 Å². The van der Waals surface area contributed by atoms with Gasteiger partial charge in [0.25, 0.3) is 0 Å². The Kier molecular flexibility index (Phi) is 23.3. The van der Waals surface area contributed by atoms with Crippen molar-refractivity contribution in [3.63, 3.8) is 0 Å². The van der Waals surface area contributed by atoms with Gasteiger partial charge in [-0.25, -0.2) is 0 Å². The molecule has 0 N–H and O–H groups in total. The van der Waals surface area contributed by atoms with Gasteiger partial charge in [0, 0.05) is 6.61 Å². The Morgan fingerprint density at radius 1 is 0.667 bits per heavy atom. The largest absolute Gasteiger partial charge is 0.379 e. The molecule has 330 valence electrons. The Morgan fingerprint density at radius 3 is 2.09 bits per heavy atom. The lowest BCUT2D eigenvalue weighted by Gasteiger charge is -2.58. The summed E-state index contributed by atoms with van der Waals surface area (Å²) >= 11 is 0. The molecule has 4 rings (SSSR count). The van der Waals surface area contributed by atoms with Crippen molar-refractivity contribution in [3.05, 3.63) is 36.0 Å². The molecular formula is C55H98O2. The fourth-order valence-corrected chi connectivity index (χ4v) is 13.0. The summed E-state index contributed by atoms with van der Waals surface area (Å²) in [4.78, 5) is 0. The second kappa shape index (κ2) is 27.2. The van der Waals surface area contributed by atoms with Crippen LogP contribution in [0.3, 0.4) is 0 Å². The van der Waals surface area contributed by atoms with Crippen molar-refractivity contribution in [1.29, 1.82) is 0 Å². The molecule has 3 saturated carbocycles. The molecule has 2 nitrogen and oxygen atoms in total. The second-order valence-electron chi connectivity index (χ2n) is 21.1. The maximum Gasteiger partial charge on any atom is 0.0704 e. The first-order valence-electron chi connectivity index (χ1n) is 25.9. The third-order valence-electron chi connectivity index (χ3n) is 16.6. The zero-order valence-corrected chi connectivity index (χ0v) is 39.4. The lowest BCUT2D eigenvalue weighted by atomic mass is 9.47. The maximum absolute atomic E-state index is 6.51. The Bertz CT molecular complexity index is 1130. The Hall–Kier alpha value is -0.860. The molecule has 0 radical (unpaired) electrons. The Labute approximate surface area is 357 Å². The highest BCUT2D eigenvalue weighted by Gasteiger charge is 2.59. The SMILES string of the molecule is CCCCC/C=C\C/C=C\CCCCCCCCCCC(CC)CCCOCCO[C@H]1CC[C@@]2(C)C(=CCC3C4CCC(C(C)CCCC(C)C)[C@@]4(C)CCC32)C1. The van der Waals surface area contributed by atoms with Gasteiger partial charge in [-0.1, -0.05) is 174 Å². The molecule has 57 heavy (non-hydrogen) atoms. The molecule has 4 aliphatic carbocycles. The monoisotopic (exact) mass is 791 g/mol. The first-order chi connectivity index (χ1) is 27.7. The van der Waals surface area contributed by atoms with Crippen LogP contribution in [0.1, 0.15) is 235 Å². The highest BCUT2D eigenvalue weighted by atomic mass is 16.5. The van der Waals surface area contributed by atoms with Gasteiger partial charge in [0.2, 0.25) is 0 Å². The summed E-state index contributed by atoms with van der Waals surface area (Å²) in [6.07, 6.45) is 52.2. The van der Waals surface area contributed by atoms with Crippen molar-refractivity contribution in [3.8, 4) is 0 Å². The van der Waals surface area contributed by atoms with E-state index in [2.05, 4.69) is 78.8 Å². The number of unbranched alkanes of at least 4 members (excludes halogenated alkanes) is 11. The highest BCUT2D eigenvalue weighted by Crippen LogP contribution is 2.67. The molecule has 0 aliphatic heterocycles. The van der Waals surface area contributed by atoms with Gasteiger partial charge in [-0.15, -0.1) is 0 Å². The van der Waals surface area contributed by atoms with Gasteiger partial charge in [0.1, 0.15) is 0 Å². The smallest absolute Gasteiger partial charge is 0.0704 e. The molecule has 0 amide bonds. The quantitative estimate of drug-likeness (QED) is 0.0514. The van der Waals surface area contributed by atoms with Gasteiger partial charge < -0.3 is 9.47 Å². The van der Waals surface area contributed by atoms with Crippen LogP contribution in [0.2, 0.25) is 0 Å². The van der Waals surface area contributed by atoms with E-state index in [4.69, 9.17) is 9.47 Å². The number of ether oxygens (including phenoxy) is 2. The molecule has 0 spiro atoms. The summed E-state index contributed by atoms with van der Waals surface area (Å²) in [7, 11) is 0. The van der Waals surface area contributed by atoms with Gasteiger partial charge in [0.05, 0.1) is 19.3 Å². The molecule has 0 aromatic rings. The van der Waals surface area contributed by atoms with Gasteiger partial charge in [-0.2, -0.15) is 0 Å². The molecule has 0 aromatic carbocycles. The number of allylic oxidation sites excluding steroid dienone is 5. The summed E-state index contributed by atoms with van der Waals surface area (Å²) in [5, 5.41) is 0. The van der Waals surface area contributed by atoms with Crippen LogP contribution in [-0.4, -0.2) is 25.9 Å². The predicted molar refractivity (Wildman–Crippen MR) is 250 cm³/mol. The first kappa shape index (κ1) is 48.8. The van der Waals surface area contributed by atoms with E-state index in [1.165, 1.54) is 180 Å². The standard InChI is InChI=1S/C55H98O2/c1-8-10-11-12-13-14-15-16-17-18-19-20-21-22-23-24-25-26-31-47(9-2)32-28-41-56-42-43-57-49-37-39-54(6)48(44-49)33-34-50-52-36-35-51(46(5)30-27-29-45(3)4)55(52,7)40-38-53(50)54/h13-14,16-17,33,45-47,49-53H,8-12,15,18-32,34-44H2,1-7H3/b14-13-,17-16-/t46?,47?,49-,50?,51?,52?,53?,54-,55+/m0/s1. The van der Waals surface area contributed by atoms with E-state index in [1.54, 1.807) is 5.57 Å². The van der Waals surface area contributed by atoms with Gasteiger partial charge >= 0.3 is 0 Å². The van der Waals surface area contributed by atoms with Crippen LogP contribution < -0.4 is 0 Å². The summed E-state index contributed by atoms with van der Waals surface area (Å²) in [6, 6.07) is 0. The normalized spacial score (nSPS) is 29.8. The van der Waals surface area contributed by atoms with E-state index in [9.17, 15) is 0 Å². The molecule has 3 fully saturated rings. The molecule has 9 atom stereocenters. The van der Waals surface area contributed by atoms with Crippen LogP contribution in [0, 0.1) is 52.3 Å². The summed E-state index contributed by atoms with van der Waals surface area (Å²) in [6.45, 7) is 19.9. The fourth-order valence-electron chi connectivity index (χ4n) is 13.0. The van der Waals surface area contributed by atoms with Crippen LogP contribution in [0.4, 0.5) is 0 Å². The molecule has 0 saturated heterocycles. The third kappa shape index (κ3) is 15.8. The van der Waals surface area contributed by atoms with Gasteiger partial charge in [0.15, 0.2) is 0 Å². The van der Waals surface area contributed by atoms with E-state index in [0.717, 1.165) is 67.7 Å². The molecule has 0 aromatic heterocycles. The molecule has 0 heterocycles. The highest BCUT2D eigenvalue weighted by molar-refractivity contribution is 5.25. The van der Waals surface area contributed by atoms with Crippen LogP contribution in [0.25, 0.3) is 0 Å². The minimum absolute atomic E-state index is 0.398. The predicted octanol–water partition coefficient (Wildman–Crippen LogP) is 17.2. The zero-order valence-electron chi connectivity index (χ0n) is 39.4. The molecule has 0 bridgehead atoms. The Balaban J connectivity index is 0.990. The average Bonchev–Trinajstić information content (AvgIpc) is 3.56. The van der Waals surface area contributed by atoms with E-state index >= 15 is 0 Å². The number of hydrogen-bond acceptors (Lipinski definition) is 2. The first-order valence-corrected chi connectivity index (χ1v) is 25.9. The van der Waals surface area contributed by atoms with E-state index < -0.39 is 0 Å². The summed E-state index contributed by atoms with van der Waals surface area (Å²) in [5.41, 5.74) is 2.76. The van der Waals surface area contributed by atoms with E-state index in [0.29, 0.717) is 16.9 Å². The van der Waals surface area contributed by atoms with Gasteiger partial charge in [-0.05, 0) is 149 Å². The van der Waals surface area contributed by atoms with Crippen molar-refractivity contribution in [2.45, 2.75) is 241 Å². The topological polar surface area (TPSA) is 18.5 Å². The van der Waals surface area contributed by atoms with E-state index in [-0.39, 0.29) is 0 Å². The van der Waals surface area contributed by atoms with Crippen molar-refractivity contribution >= 4 is 0 Å². The summed E-state index contributed by atoms with van der Waals surface area (Å²) in [5.74, 6) is 6.35. The maximum atomic E-state index is 6.51. The minimum Gasteiger partial charge on any atom is -0.379 e. The van der Waals surface area contributed by atoms with Crippen molar-refractivity contribution in [1.82, 2.24) is 0 Å². The minimum atomic E-state index is 0.398. The zero-order chi connectivity index (χ0) is 40.8. The third-order valence-corrected chi connectivity index (χ3v) is 16.6. The van der Waals surface area contributed by atoms with Crippen LogP contribution in [0.15, 0.2) is 36.0 Å². The molecular weight excluding hydrogens is 693 g/mol. The lowest BCUT2D eigenvalue weighted by Crippen LogP contribution is -2.51. The van der Waals surface area contributed by atoms with Crippen molar-refractivity contribution in [2.24, 2.45) is 52.3 Å². The van der Waals surface area contributed by atoms with Crippen molar-refractivity contribution < 1.29 is 9.47 Å². The number of fused-ring (bicyclic) bond motifs is 5. The molecule has 2 heteroatoms. The van der Waals surface area contributed by atoms with Crippen LogP contribution >= 0.6 is 0 Å².